The first kappa shape index (κ1) is 14.1. The van der Waals surface area contributed by atoms with Gasteiger partial charge in [-0.15, -0.1) is 0 Å². The third kappa shape index (κ3) is 3.83. The van der Waals surface area contributed by atoms with Crippen molar-refractivity contribution in [2.75, 3.05) is 0 Å². The Morgan fingerprint density at radius 1 is 1.15 bits per heavy atom. The molecular weight excluding hydrogens is 253 g/mol. The number of hydrogen-bond acceptors (Lipinski definition) is 2. The summed E-state index contributed by atoms with van der Waals surface area (Å²) in [7, 11) is 0. The van der Waals surface area contributed by atoms with Crippen LogP contribution in [0.3, 0.4) is 0 Å². The molecule has 2 aromatic carbocycles. The Bertz CT molecular complexity index is 601. The van der Waals surface area contributed by atoms with E-state index in [0.29, 0.717) is 24.2 Å². The Morgan fingerprint density at radius 2 is 1.85 bits per heavy atom. The summed E-state index contributed by atoms with van der Waals surface area (Å²) in [6, 6.07) is 16.3. The second-order valence-corrected chi connectivity index (χ2v) is 4.68. The monoisotopic (exact) mass is 269 g/mol. The van der Waals surface area contributed by atoms with Crippen molar-refractivity contribution in [3.8, 4) is 11.8 Å². The third-order valence-electron chi connectivity index (χ3n) is 3.08. The molecule has 2 aromatic rings. The van der Waals surface area contributed by atoms with E-state index in [1.54, 1.807) is 18.2 Å². The van der Waals surface area contributed by atoms with Crippen LogP contribution in [0.1, 0.15) is 17.5 Å². The molecule has 0 aliphatic heterocycles. The summed E-state index contributed by atoms with van der Waals surface area (Å²) in [6.45, 7) is 1.99. The molecule has 0 saturated heterocycles. The summed E-state index contributed by atoms with van der Waals surface area (Å²) in [5.41, 5.74) is 1.75. The Kier molecular flexibility index (Phi) is 4.73. The van der Waals surface area contributed by atoms with Crippen molar-refractivity contribution < 1.29 is 9.13 Å². The van der Waals surface area contributed by atoms with Gasteiger partial charge in [0.15, 0.2) is 6.10 Å². The van der Waals surface area contributed by atoms with Crippen LogP contribution < -0.4 is 4.74 Å². The van der Waals surface area contributed by atoms with Crippen LogP contribution in [0, 0.1) is 24.1 Å². The fourth-order valence-corrected chi connectivity index (χ4v) is 1.92. The first-order valence-electron chi connectivity index (χ1n) is 6.55. The first-order valence-corrected chi connectivity index (χ1v) is 6.55. The van der Waals surface area contributed by atoms with Crippen LogP contribution in [0.15, 0.2) is 48.5 Å². The molecule has 102 valence electrons. The molecule has 0 fully saturated rings. The van der Waals surface area contributed by atoms with E-state index in [4.69, 9.17) is 10.00 Å². The van der Waals surface area contributed by atoms with Crippen molar-refractivity contribution >= 4 is 0 Å². The van der Waals surface area contributed by atoms with Gasteiger partial charge in [-0.3, -0.25) is 0 Å². The van der Waals surface area contributed by atoms with E-state index in [0.717, 1.165) is 5.56 Å². The number of rotatable bonds is 5. The summed E-state index contributed by atoms with van der Waals surface area (Å²) < 4.78 is 19.1. The second kappa shape index (κ2) is 6.72. The van der Waals surface area contributed by atoms with Gasteiger partial charge in [-0.05, 0) is 37.1 Å². The topological polar surface area (TPSA) is 33.0 Å². The van der Waals surface area contributed by atoms with Gasteiger partial charge >= 0.3 is 0 Å². The molecule has 0 N–H and O–H groups in total. The highest BCUT2D eigenvalue weighted by atomic mass is 19.1. The number of benzene rings is 2. The molecule has 0 aliphatic rings. The normalized spacial score (nSPS) is 11.7. The zero-order valence-electron chi connectivity index (χ0n) is 11.3. The first-order chi connectivity index (χ1) is 9.69. The molecule has 0 heterocycles. The van der Waals surface area contributed by atoms with E-state index in [1.165, 1.54) is 6.07 Å². The summed E-state index contributed by atoms with van der Waals surface area (Å²) in [4.78, 5) is 0. The minimum absolute atomic E-state index is 0.237. The highest BCUT2D eigenvalue weighted by molar-refractivity contribution is 5.27. The van der Waals surface area contributed by atoms with Gasteiger partial charge in [-0.2, -0.15) is 5.26 Å². The number of nitriles is 1. The number of halogens is 1. The van der Waals surface area contributed by atoms with Crippen molar-refractivity contribution in [2.45, 2.75) is 25.9 Å². The molecule has 0 aromatic heterocycles. The Balaban J connectivity index is 1.95. The zero-order chi connectivity index (χ0) is 14.4. The maximum atomic E-state index is 13.5. The number of nitrogens with zero attached hydrogens (tertiary/aromatic N) is 1. The fraction of sp³-hybridized carbons (Fsp3) is 0.235. The Morgan fingerprint density at radius 3 is 2.50 bits per heavy atom. The third-order valence-corrected chi connectivity index (χ3v) is 3.08. The molecule has 1 atom stereocenters. The largest absolute Gasteiger partial charge is 0.476 e. The van der Waals surface area contributed by atoms with Crippen LogP contribution in [0.5, 0.6) is 5.75 Å². The molecule has 0 spiro atoms. The van der Waals surface area contributed by atoms with E-state index in [1.807, 2.05) is 31.2 Å². The molecule has 20 heavy (non-hydrogen) atoms. The van der Waals surface area contributed by atoms with E-state index in [2.05, 4.69) is 6.07 Å². The van der Waals surface area contributed by atoms with Gasteiger partial charge in [0, 0.05) is 6.42 Å². The van der Waals surface area contributed by atoms with E-state index >= 15 is 0 Å². The second-order valence-electron chi connectivity index (χ2n) is 4.68. The number of ether oxygens (including phenoxy) is 1. The van der Waals surface area contributed by atoms with E-state index in [9.17, 15) is 4.39 Å². The van der Waals surface area contributed by atoms with E-state index in [-0.39, 0.29) is 5.82 Å². The van der Waals surface area contributed by atoms with Gasteiger partial charge in [0.25, 0.3) is 0 Å². The van der Waals surface area contributed by atoms with Gasteiger partial charge in [0.2, 0.25) is 0 Å². The molecule has 0 amide bonds. The highest BCUT2D eigenvalue weighted by Crippen LogP contribution is 2.16. The molecule has 3 heteroatoms. The lowest BCUT2D eigenvalue weighted by atomic mass is 10.1. The van der Waals surface area contributed by atoms with Crippen molar-refractivity contribution in [1.82, 2.24) is 0 Å². The highest BCUT2D eigenvalue weighted by Gasteiger charge is 2.11. The van der Waals surface area contributed by atoms with Gasteiger partial charge in [-0.25, -0.2) is 4.39 Å². The number of hydrogen-bond donors (Lipinski definition) is 0. The quantitative estimate of drug-likeness (QED) is 0.820. The minimum Gasteiger partial charge on any atom is -0.476 e. The Labute approximate surface area is 118 Å². The summed E-state index contributed by atoms with van der Waals surface area (Å²) in [6.07, 6.45) is 0.375. The van der Waals surface area contributed by atoms with Crippen molar-refractivity contribution in [1.29, 1.82) is 5.26 Å². The van der Waals surface area contributed by atoms with Crippen LogP contribution in [-0.4, -0.2) is 6.10 Å². The van der Waals surface area contributed by atoms with Crippen molar-refractivity contribution in [3.05, 3.63) is 65.5 Å². The Hall–Kier alpha value is -2.34. The maximum absolute atomic E-state index is 13.5. The lowest BCUT2D eigenvalue weighted by Crippen LogP contribution is -2.15. The molecule has 0 saturated carbocycles. The van der Waals surface area contributed by atoms with Gasteiger partial charge in [0.05, 0.1) is 0 Å². The lowest BCUT2D eigenvalue weighted by Gasteiger charge is -2.12. The maximum Gasteiger partial charge on any atom is 0.184 e. The fourth-order valence-electron chi connectivity index (χ4n) is 1.92. The lowest BCUT2D eigenvalue weighted by molar-refractivity contribution is 0.245. The molecule has 0 bridgehead atoms. The molecule has 0 radical (unpaired) electrons. The molecule has 2 rings (SSSR count). The SMILES string of the molecule is Cc1ccc(OC(C#N)CCc2ccccc2F)cc1. The summed E-state index contributed by atoms with van der Waals surface area (Å²) >= 11 is 0. The minimum atomic E-state index is -0.572. The van der Waals surface area contributed by atoms with Crippen LogP contribution in [0.25, 0.3) is 0 Å². The smallest absolute Gasteiger partial charge is 0.184 e. The standard InChI is InChI=1S/C17H16FNO/c1-13-6-9-15(10-7-13)20-16(12-19)11-8-14-4-2-3-5-17(14)18/h2-7,9-10,16H,8,11H2,1H3. The molecule has 2 nitrogen and oxygen atoms in total. The van der Waals surface area contributed by atoms with Crippen LogP contribution in [0.4, 0.5) is 4.39 Å². The predicted molar refractivity (Wildman–Crippen MR) is 75.9 cm³/mol. The summed E-state index contributed by atoms with van der Waals surface area (Å²) in [5.74, 6) is 0.426. The van der Waals surface area contributed by atoms with Crippen molar-refractivity contribution in [3.63, 3.8) is 0 Å². The van der Waals surface area contributed by atoms with E-state index < -0.39 is 6.10 Å². The molecule has 1 unspecified atom stereocenters. The van der Waals surface area contributed by atoms with Crippen LogP contribution in [0.2, 0.25) is 0 Å². The predicted octanol–water partition coefficient (Wildman–Crippen LogP) is 4.04. The van der Waals surface area contributed by atoms with Crippen LogP contribution in [-0.2, 0) is 6.42 Å². The molecular formula is C17H16FNO. The van der Waals surface area contributed by atoms with Gasteiger partial charge in [-0.1, -0.05) is 35.9 Å². The van der Waals surface area contributed by atoms with Crippen molar-refractivity contribution in [2.24, 2.45) is 0 Å². The average Bonchev–Trinajstić information content (AvgIpc) is 2.47. The average molecular weight is 269 g/mol. The summed E-state index contributed by atoms with van der Waals surface area (Å²) in [5, 5.41) is 9.12. The van der Waals surface area contributed by atoms with Gasteiger partial charge in [0.1, 0.15) is 17.6 Å². The van der Waals surface area contributed by atoms with Crippen LogP contribution >= 0.6 is 0 Å². The number of aryl methyl sites for hydroxylation is 2. The molecule has 0 aliphatic carbocycles. The van der Waals surface area contributed by atoms with Gasteiger partial charge < -0.3 is 4.74 Å². The zero-order valence-corrected chi connectivity index (χ0v) is 11.3.